The maximum atomic E-state index is 12.2. The number of nitrogens with two attached hydrogens (primary N) is 1. The number of aromatic nitrogens is 2. The van der Waals surface area contributed by atoms with Gasteiger partial charge in [-0.2, -0.15) is 5.10 Å². The molecule has 2 rings (SSSR count). The fourth-order valence-electron chi connectivity index (χ4n) is 2.19. The van der Waals surface area contributed by atoms with Crippen LogP contribution in [-0.2, 0) is 0 Å². The SMILES string of the molecule is Cc1cc(C(=O)N2CCCCC2CN)n[nH]1. The number of aromatic amines is 1. The molecule has 1 aliphatic heterocycles. The van der Waals surface area contributed by atoms with Gasteiger partial charge in [-0.1, -0.05) is 0 Å². The third-order valence-corrected chi connectivity index (χ3v) is 3.09. The van der Waals surface area contributed by atoms with Crippen LogP contribution in [0.15, 0.2) is 6.07 Å². The van der Waals surface area contributed by atoms with Crippen LogP contribution >= 0.6 is 0 Å². The standard InChI is InChI=1S/C11H18N4O/c1-8-6-10(14-13-8)11(16)15-5-3-2-4-9(15)7-12/h6,9H,2-5,7,12H2,1H3,(H,13,14). The number of likely N-dealkylation sites (tertiary alicyclic amines) is 1. The van der Waals surface area contributed by atoms with Crippen LogP contribution < -0.4 is 5.73 Å². The molecule has 0 aliphatic carbocycles. The molecule has 2 heterocycles. The van der Waals surface area contributed by atoms with Crippen LogP contribution in [0.3, 0.4) is 0 Å². The first-order valence-electron chi connectivity index (χ1n) is 5.75. The van der Waals surface area contributed by atoms with E-state index < -0.39 is 0 Å². The van der Waals surface area contributed by atoms with Crippen molar-refractivity contribution in [2.75, 3.05) is 13.1 Å². The highest BCUT2D eigenvalue weighted by atomic mass is 16.2. The molecule has 3 N–H and O–H groups in total. The number of rotatable bonds is 2. The van der Waals surface area contributed by atoms with Crippen molar-refractivity contribution >= 4 is 5.91 Å². The summed E-state index contributed by atoms with van der Waals surface area (Å²) in [6.07, 6.45) is 3.22. The van der Waals surface area contributed by atoms with E-state index in [1.807, 2.05) is 11.8 Å². The van der Waals surface area contributed by atoms with Gasteiger partial charge in [0.25, 0.3) is 5.91 Å². The van der Waals surface area contributed by atoms with Crippen molar-refractivity contribution in [1.29, 1.82) is 0 Å². The van der Waals surface area contributed by atoms with Crippen LogP contribution in [0.1, 0.15) is 35.4 Å². The third-order valence-electron chi connectivity index (χ3n) is 3.09. The van der Waals surface area contributed by atoms with Gasteiger partial charge in [0.2, 0.25) is 0 Å². The number of carbonyl (C=O) groups excluding carboxylic acids is 1. The maximum Gasteiger partial charge on any atom is 0.274 e. The summed E-state index contributed by atoms with van der Waals surface area (Å²) in [6.45, 7) is 3.22. The monoisotopic (exact) mass is 222 g/mol. The second-order valence-corrected chi connectivity index (χ2v) is 4.32. The van der Waals surface area contributed by atoms with Gasteiger partial charge in [0, 0.05) is 24.8 Å². The molecule has 5 nitrogen and oxygen atoms in total. The van der Waals surface area contributed by atoms with Crippen molar-refractivity contribution in [3.05, 3.63) is 17.5 Å². The molecule has 0 radical (unpaired) electrons. The third kappa shape index (κ3) is 2.09. The molecule has 88 valence electrons. The molecule has 0 saturated carbocycles. The van der Waals surface area contributed by atoms with Crippen LogP contribution in [-0.4, -0.2) is 40.1 Å². The fourth-order valence-corrected chi connectivity index (χ4v) is 2.19. The summed E-state index contributed by atoms with van der Waals surface area (Å²) in [5.74, 6) is -0.000463. The molecule has 16 heavy (non-hydrogen) atoms. The van der Waals surface area contributed by atoms with E-state index in [4.69, 9.17) is 5.73 Å². The lowest BCUT2D eigenvalue weighted by Crippen LogP contribution is -2.47. The molecule has 1 amide bonds. The average molecular weight is 222 g/mol. The summed E-state index contributed by atoms with van der Waals surface area (Å²) in [5.41, 5.74) is 7.10. The van der Waals surface area contributed by atoms with Crippen LogP contribution in [0.25, 0.3) is 0 Å². The zero-order valence-electron chi connectivity index (χ0n) is 9.57. The molecule has 1 fully saturated rings. The molecule has 0 aromatic carbocycles. The molecule has 1 aliphatic rings. The Morgan fingerprint density at radius 2 is 2.50 bits per heavy atom. The summed E-state index contributed by atoms with van der Waals surface area (Å²) in [7, 11) is 0. The van der Waals surface area contributed by atoms with Gasteiger partial charge in [0.1, 0.15) is 5.69 Å². The zero-order valence-corrected chi connectivity index (χ0v) is 9.57. The quantitative estimate of drug-likeness (QED) is 0.772. The number of carbonyl (C=O) groups is 1. The molecular weight excluding hydrogens is 204 g/mol. The van der Waals surface area contributed by atoms with E-state index in [1.165, 1.54) is 0 Å². The van der Waals surface area contributed by atoms with Crippen LogP contribution in [0.5, 0.6) is 0 Å². The Morgan fingerprint density at radius 3 is 3.12 bits per heavy atom. The van der Waals surface area contributed by atoms with Crippen molar-refractivity contribution < 1.29 is 4.79 Å². The number of aryl methyl sites for hydroxylation is 1. The highest BCUT2D eigenvalue weighted by Gasteiger charge is 2.27. The summed E-state index contributed by atoms with van der Waals surface area (Å²) in [5, 5.41) is 6.80. The maximum absolute atomic E-state index is 12.2. The minimum atomic E-state index is -0.000463. The molecule has 1 saturated heterocycles. The lowest BCUT2D eigenvalue weighted by molar-refractivity contribution is 0.0617. The molecule has 0 spiro atoms. The largest absolute Gasteiger partial charge is 0.333 e. The molecule has 5 heteroatoms. The van der Waals surface area contributed by atoms with E-state index in [0.717, 1.165) is 31.5 Å². The highest BCUT2D eigenvalue weighted by molar-refractivity contribution is 5.92. The number of piperidine rings is 1. The number of H-pyrrole nitrogens is 1. The normalized spacial score (nSPS) is 21.1. The van der Waals surface area contributed by atoms with Gasteiger partial charge < -0.3 is 10.6 Å². The first-order chi connectivity index (χ1) is 7.72. The van der Waals surface area contributed by atoms with Gasteiger partial charge in [-0.3, -0.25) is 9.89 Å². The van der Waals surface area contributed by atoms with Crippen molar-refractivity contribution in [2.24, 2.45) is 5.73 Å². The topological polar surface area (TPSA) is 75.0 Å². The van der Waals surface area contributed by atoms with E-state index in [-0.39, 0.29) is 11.9 Å². The number of amides is 1. The van der Waals surface area contributed by atoms with Crippen molar-refractivity contribution in [3.63, 3.8) is 0 Å². The van der Waals surface area contributed by atoms with Gasteiger partial charge in [-0.25, -0.2) is 0 Å². The van der Waals surface area contributed by atoms with E-state index in [1.54, 1.807) is 6.07 Å². The van der Waals surface area contributed by atoms with E-state index >= 15 is 0 Å². The Balaban J connectivity index is 2.13. The minimum Gasteiger partial charge on any atom is -0.333 e. The second kappa shape index (κ2) is 4.65. The Bertz CT molecular complexity index is 374. The molecule has 1 aromatic rings. The average Bonchev–Trinajstić information content (AvgIpc) is 2.75. The van der Waals surface area contributed by atoms with Crippen LogP contribution in [0.2, 0.25) is 0 Å². The lowest BCUT2D eigenvalue weighted by Gasteiger charge is -2.34. The minimum absolute atomic E-state index is 0.000463. The molecule has 1 atom stereocenters. The van der Waals surface area contributed by atoms with E-state index in [0.29, 0.717) is 12.2 Å². The first kappa shape index (κ1) is 11.1. The highest BCUT2D eigenvalue weighted by Crippen LogP contribution is 2.18. The zero-order chi connectivity index (χ0) is 11.5. The van der Waals surface area contributed by atoms with Gasteiger partial charge in [0.05, 0.1) is 0 Å². The Kier molecular flexibility index (Phi) is 3.24. The summed E-state index contributed by atoms with van der Waals surface area (Å²) >= 11 is 0. The number of nitrogens with zero attached hydrogens (tertiary/aromatic N) is 2. The van der Waals surface area contributed by atoms with E-state index in [9.17, 15) is 4.79 Å². The molecule has 0 bridgehead atoms. The van der Waals surface area contributed by atoms with Gasteiger partial charge >= 0.3 is 0 Å². The fraction of sp³-hybridized carbons (Fsp3) is 0.636. The smallest absolute Gasteiger partial charge is 0.274 e. The summed E-state index contributed by atoms with van der Waals surface area (Å²) < 4.78 is 0. The summed E-state index contributed by atoms with van der Waals surface area (Å²) in [4.78, 5) is 14.0. The predicted octanol–water partition coefficient (Wildman–Crippen LogP) is 0.672. The van der Waals surface area contributed by atoms with E-state index in [2.05, 4.69) is 10.2 Å². The van der Waals surface area contributed by atoms with Crippen LogP contribution in [0.4, 0.5) is 0 Å². The first-order valence-corrected chi connectivity index (χ1v) is 5.75. The number of hydrogen-bond acceptors (Lipinski definition) is 3. The van der Waals surface area contributed by atoms with Gasteiger partial charge in [0.15, 0.2) is 0 Å². The second-order valence-electron chi connectivity index (χ2n) is 4.32. The predicted molar refractivity (Wildman–Crippen MR) is 61.1 cm³/mol. The lowest BCUT2D eigenvalue weighted by atomic mass is 10.0. The van der Waals surface area contributed by atoms with Crippen LogP contribution in [0, 0.1) is 6.92 Å². The molecule has 1 aromatic heterocycles. The number of hydrogen-bond donors (Lipinski definition) is 2. The molecular formula is C11H18N4O. The number of nitrogens with one attached hydrogen (secondary N) is 1. The van der Waals surface area contributed by atoms with Gasteiger partial charge in [-0.05, 0) is 32.3 Å². The Labute approximate surface area is 95.0 Å². The van der Waals surface area contributed by atoms with Gasteiger partial charge in [-0.15, -0.1) is 0 Å². The van der Waals surface area contributed by atoms with Crippen molar-refractivity contribution in [2.45, 2.75) is 32.2 Å². The summed E-state index contributed by atoms with van der Waals surface area (Å²) in [6, 6.07) is 1.96. The van der Waals surface area contributed by atoms with Crippen molar-refractivity contribution in [1.82, 2.24) is 15.1 Å². The molecule has 1 unspecified atom stereocenters. The van der Waals surface area contributed by atoms with Crippen molar-refractivity contribution in [3.8, 4) is 0 Å². The Hall–Kier alpha value is -1.36. The Morgan fingerprint density at radius 1 is 1.69 bits per heavy atom.